The second-order valence-corrected chi connectivity index (χ2v) is 9.79. The topological polar surface area (TPSA) is 131 Å². The Morgan fingerprint density at radius 1 is 1.05 bits per heavy atom. The molecule has 1 aromatic heterocycles. The van der Waals surface area contributed by atoms with Gasteiger partial charge in [0, 0.05) is 24.0 Å². The van der Waals surface area contributed by atoms with Crippen LogP contribution in [0.2, 0.25) is 0 Å². The molecule has 1 aromatic rings. The van der Waals surface area contributed by atoms with Gasteiger partial charge in [-0.3, -0.25) is 9.98 Å². The molecule has 5 atom stereocenters. The van der Waals surface area contributed by atoms with Gasteiger partial charge in [-0.1, -0.05) is 53.1 Å². The summed E-state index contributed by atoms with van der Waals surface area (Å²) in [5, 5.41) is 9.33. The molecule has 0 saturated carbocycles. The van der Waals surface area contributed by atoms with Crippen molar-refractivity contribution in [2.75, 3.05) is 13.1 Å². The van der Waals surface area contributed by atoms with E-state index in [1.54, 1.807) is 0 Å². The first kappa shape index (κ1) is 30.0. The van der Waals surface area contributed by atoms with Crippen LogP contribution >= 0.6 is 0 Å². The van der Waals surface area contributed by atoms with Crippen LogP contribution in [0.25, 0.3) is 16.7 Å². The van der Waals surface area contributed by atoms with Crippen LogP contribution in [0.4, 0.5) is 0 Å². The van der Waals surface area contributed by atoms with Crippen LogP contribution in [0.3, 0.4) is 0 Å². The Kier molecular flexibility index (Phi) is 11.1. The molecular formula is C28H31N4O4SV-. The molecule has 0 aromatic carbocycles. The van der Waals surface area contributed by atoms with Crippen LogP contribution in [0.15, 0.2) is 81.7 Å². The zero-order chi connectivity index (χ0) is 27.8. The van der Waals surface area contributed by atoms with E-state index in [9.17, 15) is 0 Å². The van der Waals surface area contributed by atoms with E-state index < -0.39 is 11.4 Å². The summed E-state index contributed by atoms with van der Waals surface area (Å²) >= 11 is -1.80. The normalized spacial score (nSPS) is 26.4. The Balaban J connectivity index is 0.000000175. The van der Waals surface area contributed by atoms with Crippen LogP contribution in [0.5, 0.6) is 0 Å². The summed E-state index contributed by atoms with van der Waals surface area (Å²) < 4.78 is 32.3. The maximum atomic E-state index is 8.56. The number of nitrogens with zero attached hydrogens (tertiary/aromatic N) is 4. The summed E-state index contributed by atoms with van der Waals surface area (Å²) in [6, 6.07) is 2.52. The van der Waals surface area contributed by atoms with Gasteiger partial charge in [-0.2, -0.15) is 0 Å². The molecule has 1 N–H and O–H groups in total. The Labute approximate surface area is 236 Å². The third kappa shape index (κ3) is 6.91. The molecule has 0 fully saturated rings. The molecular weight excluding hydrogens is 539 g/mol. The van der Waals surface area contributed by atoms with Gasteiger partial charge in [0.15, 0.2) is 0 Å². The molecule has 6 rings (SSSR count). The third-order valence-electron chi connectivity index (χ3n) is 7.13. The van der Waals surface area contributed by atoms with E-state index in [4.69, 9.17) is 22.3 Å². The molecule has 4 heterocycles. The molecule has 0 spiro atoms. The minimum absolute atomic E-state index is 0.216. The summed E-state index contributed by atoms with van der Waals surface area (Å²) in [6.07, 6.45) is 19.3. The predicted octanol–water partition coefficient (Wildman–Crippen LogP) is 5.78. The van der Waals surface area contributed by atoms with Crippen LogP contribution < -0.4 is 0 Å². The molecule has 0 amide bonds. The zero-order valence-corrected chi connectivity index (χ0v) is 24.0. The number of fused-ring (bicyclic) bond motifs is 5. The second kappa shape index (κ2) is 14.0. The average Bonchev–Trinajstić information content (AvgIpc) is 2.91. The molecule has 10 heteroatoms. The molecule has 0 bridgehead atoms. The Morgan fingerprint density at radius 2 is 1.76 bits per heavy atom. The monoisotopic (exact) mass is 570 g/mol. The zero-order valence-electron chi connectivity index (χ0n) is 21.8. The molecule has 5 unspecified atom stereocenters. The van der Waals surface area contributed by atoms with E-state index in [1.807, 2.05) is 12.4 Å². The van der Waals surface area contributed by atoms with E-state index in [0.29, 0.717) is 11.8 Å². The standard InChI is InChI=1S/2C14H15N2.H2O3S.O.V/c2*1-9-5-7-15-13-11(9)3-4-12-10(2)6-8-16-14(12)13;1-4(2)3;;/h3-7,12,14H,8H2,1-2H3;3-7,11,13H,8H2,1-2H3;(H2,1,2,3);;/q2*-1;;;+2/p-1. The van der Waals surface area contributed by atoms with Gasteiger partial charge >= 0.3 is 21.0 Å². The van der Waals surface area contributed by atoms with Crippen molar-refractivity contribution in [2.24, 2.45) is 16.8 Å². The summed E-state index contributed by atoms with van der Waals surface area (Å²) in [4.78, 5) is 9.12. The van der Waals surface area contributed by atoms with Gasteiger partial charge in [0.25, 0.3) is 0 Å². The van der Waals surface area contributed by atoms with Gasteiger partial charge in [0.1, 0.15) is 0 Å². The van der Waals surface area contributed by atoms with Crippen molar-refractivity contribution in [3.05, 3.63) is 104 Å². The summed E-state index contributed by atoms with van der Waals surface area (Å²) in [7, 11) is 0. The van der Waals surface area contributed by atoms with E-state index in [2.05, 4.69) is 91.6 Å². The van der Waals surface area contributed by atoms with Crippen LogP contribution in [0, 0.1) is 18.8 Å². The van der Waals surface area contributed by atoms with Crippen LogP contribution in [-0.2, 0) is 32.4 Å². The number of aliphatic imine (C=N–C) groups is 1. The third-order valence-corrected chi connectivity index (χ3v) is 7.13. The number of aryl methyl sites for hydroxylation is 1. The Morgan fingerprint density at radius 3 is 2.50 bits per heavy atom. The number of aromatic nitrogens is 1. The summed E-state index contributed by atoms with van der Waals surface area (Å²) in [6.45, 7) is 10.3. The van der Waals surface area contributed by atoms with E-state index >= 15 is 0 Å². The summed E-state index contributed by atoms with van der Waals surface area (Å²) in [5.74, 6) is 0.842. The van der Waals surface area contributed by atoms with Crippen molar-refractivity contribution in [1.82, 2.24) is 4.98 Å². The number of pyridine rings is 1. The number of hydrogen-bond donors (Lipinski definition) is 1. The first-order valence-corrected chi connectivity index (χ1v) is 13.8. The molecule has 8 nitrogen and oxygen atoms in total. The first-order valence-electron chi connectivity index (χ1n) is 12.2. The Bertz CT molecular complexity index is 1280. The molecule has 38 heavy (non-hydrogen) atoms. The molecule has 5 aliphatic rings. The van der Waals surface area contributed by atoms with Gasteiger partial charge < -0.3 is 19.7 Å². The number of hydrogen-bond acceptors (Lipinski definition) is 5. The fourth-order valence-corrected chi connectivity index (χ4v) is 5.12. The first-order chi connectivity index (χ1) is 18.3. The minimum atomic E-state index is -2.86. The van der Waals surface area contributed by atoms with Gasteiger partial charge in [0.2, 0.25) is 0 Å². The molecule has 199 valence electrons. The van der Waals surface area contributed by atoms with E-state index in [0.717, 1.165) is 36.2 Å². The van der Waals surface area contributed by atoms with Gasteiger partial charge in [-0.25, -0.2) is 4.21 Å². The molecule has 0 saturated heterocycles. The fourth-order valence-electron chi connectivity index (χ4n) is 5.12. The van der Waals surface area contributed by atoms with Gasteiger partial charge in [-0.15, -0.1) is 24.9 Å². The van der Waals surface area contributed by atoms with E-state index in [1.165, 1.54) is 39.1 Å². The quantitative estimate of drug-likeness (QED) is 0.312. The maximum absolute atomic E-state index is 8.56. The summed E-state index contributed by atoms with van der Waals surface area (Å²) in [5.41, 5.74) is 10.3. The Hall–Kier alpha value is -2.53. The van der Waals surface area contributed by atoms with Crippen molar-refractivity contribution < 1.29 is 34.4 Å². The average molecular weight is 571 g/mol. The van der Waals surface area contributed by atoms with Crippen LogP contribution in [0.1, 0.15) is 43.6 Å². The van der Waals surface area contributed by atoms with Gasteiger partial charge in [-0.05, 0) is 62.5 Å². The number of dihydropyridines is 1. The van der Waals surface area contributed by atoms with Crippen molar-refractivity contribution in [3.63, 3.8) is 0 Å². The predicted molar refractivity (Wildman–Crippen MR) is 146 cm³/mol. The molecule has 0 radical (unpaired) electrons. The van der Waals surface area contributed by atoms with Crippen molar-refractivity contribution in [2.45, 2.75) is 39.8 Å². The fraction of sp³-hybridized carbons (Fsp3) is 0.357. The van der Waals surface area contributed by atoms with Crippen LogP contribution in [-0.4, -0.2) is 43.6 Å². The number of rotatable bonds is 0. The second-order valence-electron chi connectivity index (χ2n) is 9.35. The van der Waals surface area contributed by atoms with Crippen molar-refractivity contribution in [1.29, 1.82) is 0 Å². The number of allylic oxidation sites excluding steroid dienone is 4. The molecule has 2 aliphatic carbocycles. The van der Waals surface area contributed by atoms with Crippen molar-refractivity contribution >= 4 is 23.7 Å². The molecule has 3 aliphatic heterocycles. The van der Waals surface area contributed by atoms with E-state index in [-0.39, 0.29) is 12.1 Å². The SMILES string of the molecule is CC1=CC[N-]C2=C1C=CC1C(C)=CC=NC21.CC1=CC[N-]C2c3nccc(C)c3C=CC12.O=S([O-])O.[O]=[V+2]. The van der Waals surface area contributed by atoms with Crippen molar-refractivity contribution in [3.8, 4) is 0 Å². The van der Waals surface area contributed by atoms with Gasteiger partial charge in [0.05, 0.1) is 17.4 Å².